The molecule has 1 aromatic heterocycles. The average molecular weight is 254 g/mol. The van der Waals surface area contributed by atoms with E-state index < -0.39 is 6.17 Å². The van der Waals surface area contributed by atoms with Gasteiger partial charge in [-0.1, -0.05) is 30.3 Å². The van der Waals surface area contributed by atoms with Crippen molar-refractivity contribution in [2.45, 2.75) is 18.6 Å². The molecule has 3 rings (SSSR count). The molecular formula is C14H11FN4. The van der Waals surface area contributed by atoms with Crippen molar-refractivity contribution in [3.63, 3.8) is 0 Å². The van der Waals surface area contributed by atoms with Gasteiger partial charge in [0.15, 0.2) is 17.8 Å². The van der Waals surface area contributed by atoms with Gasteiger partial charge in [-0.15, -0.1) is 0 Å². The maximum Gasteiger partial charge on any atom is 0.175 e. The Morgan fingerprint density at radius 1 is 1.37 bits per heavy atom. The third-order valence-electron chi connectivity index (χ3n) is 3.17. The Labute approximate surface area is 109 Å². The van der Waals surface area contributed by atoms with Crippen molar-refractivity contribution in [1.82, 2.24) is 14.8 Å². The molecule has 0 aliphatic carbocycles. The highest BCUT2D eigenvalue weighted by molar-refractivity contribution is 5.43. The molecule has 1 aliphatic heterocycles. The van der Waals surface area contributed by atoms with Crippen LogP contribution in [-0.4, -0.2) is 14.8 Å². The van der Waals surface area contributed by atoms with Crippen LogP contribution in [0.25, 0.3) is 6.08 Å². The summed E-state index contributed by atoms with van der Waals surface area (Å²) in [5.41, 5.74) is 1.02. The van der Waals surface area contributed by atoms with E-state index >= 15 is 0 Å². The lowest BCUT2D eigenvalue weighted by atomic mass is 10.0. The molecule has 1 aromatic carbocycles. The van der Waals surface area contributed by atoms with Crippen LogP contribution in [0.4, 0.5) is 4.39 Å². The van der Waals surface area contributed by atoms with E-state index in [-0.39, 0.29) is 6.04 Å². The van der Waals surface area contributed by atoms with Gasteiger partial charge in [0.05, 0.1) is 12.1 Å². The molecule has 2 atom stereocenters. The topological polar surface area (TPSA) is 54.5 Å². The molecule has 0 bridgehead atoms. The van der Waals surface area contributed by atoms with Crippen LogP contribution in [0.5, 0.6) is 0 Å². The maximum absolute atomic E-state index is 14.0. The Balaban J connectivity index is 2.00. The van der Waals surface area contributed by atoms with Crippen LogP contribution in [0.15, 0.2) is 36.4 Å². The van der Waals surface area contributed by atoms with E-state index in [2.05, 4.69) is 10.1 Å². The molecule has 0 spiro atoms. The first-order chi connectivity index (χ1) is 9.29. The number of nitrogens with zero attached hydrogens (tertiary/aromatic N) is 4. The number of allylic oxidation sites excluding steroid dienone is 1. The molecule has 0 saturated carbocycles. The highest BCUT2D eigenvalue weighted by Crippen LogP contribution is 2.39. The number of hydrogen-bond donors (Lipinski definition) is 0. The zero-order valence-corrected chi connectivity index (χ0v) is 10.1. The molecule has 0 fully saturated rings. The third-order valence-corrected chi connectivity index (χ3v) is 3.17. The monoisotopic (exact) mass is 254 g/mol. The molecule has 0 N–H and O–H groups in total. The van der Waals surface area contributed by atoms with Crippen molar-refractivity contribution in [2.75, 3.05) is 0 Å². The predicted molar refractivity (Wildman–Crippen MR) is 67.7 cm³/mol. The first-order valence-corrected chi connectivity index (χ1v) is 6.01. The molecule has 94 valence electrons. The Morgan fingerprint density at radius 3 is 2.89 bits per heavy atom. The van der Waals surface area contributed by atoms with Gasteiger partial charge in [-0.25, -0.2) is 14.1 Å². The van der Waals surface area contributed by atoms with Crippen LogP contribution in [0.2, 0.25) is 0 Å². The summed E-state index contributed by atoms with van der Waals surface area (Å²) in [6.45, 7) is 0. The van der Waals surface area contributed by atoms with Crippen molar-refractivity contribution >= 4 is 6.08 Å². The number of alkyl halides is 1. The van der Waals surface area contributed by atoms with E-state index in [4.69, 9.17) is 5.26 Å². The molecule has 4 nitrogen and oxygen atoms in total. The lowest BCUT2D eigenvalue weighted by molar-refractivity contribution is 0.328. The molecule has 2 unspecified atom stereocenters. The Bertz CT molecular complexity index is 654. The van der Waals surface area contributed by atoms with Gasteiger partial charge in [0, 0.05) is 12.5 Å². The molecule has 0 amide bonds. The van der Waals surface area contributed by atoms with E-state index in [0.717, 1.165) is 5.56 Å². The summed E-state index contributed by atoms with van der Waals surface area (Å²) in [5.74, 6) is 0.714. The van der Waals surface area contributed by atoms with Crippen LogP contribution >= 0.6 is 0 Å². The van der Waals surface area contributed by atoms with Gasteiger partial charge < -0.3 is 0 Å². The zero-order chi connectivity index (χ0) is 13.2. The molecule has 0 radical (unpaired) electrons. The summed E-state index contributed by atoms with van der Waals surface area (Å²) < 4.78 is 15.6. The van der Waals surface area contributed by atoms with Gasteiger partial charge in [-0.05, 0) is 11.6 Å². The number of benzene rings is 1. The van der Waals surface area contributed by atoms with E-state index in [1.54, 1.807) is 4.68 Å². The lowest BCUT2D eigenvalue weighted by Gasteiger charge is -2.11. The van der Waals surface area contributed by atoms with Crippen LogP contribution < -0.4 is 0 Å². The van der Waals surface area contributed by atoms with Gasteiger partial charge in [-0.2, -0.15) is 10.4 Å². The van der Waals surface area contributed by atoms with Gasteiger partial charge >= 0.3 is 0 Å². The van der Waals surface area contributed by atoms with Gasteiger partial charge in [-0.3, -0.25) is 0 Å². The highest BCUT2D eigenvalue weighted by Gasteiger charge is 2.34. The van der Waals surface area contributed by atoms with Crippen molar-refractivity contribution in [3.05, 3.63) is 53.6 Å². The number of halogens is 1. The largest absolute Gasteiger partial charge is 0.239 e. The molecule has 19 heavy (non-hydrogen) atoms. The standard InChI is InChI=1S/C14H11FN4/c15-11-9-12(10-5-2-1-3-6-10)19-14(11)17-13(18-19)7-4-8-16/h1-7,11-12H,9H2. The number of nitriles is 1. The quantitative estimate of drug-likeness (QED) is 0.774. The second-order valence-corrected chi connectivity index (χ2v) is 4.36. The van der Waals surface area contributed by atoms with Crippen molar-refractivity contribution < 1.29 is 4.39 Å². The number of fused-ring (bicyclic) bond motifs is 1. The summed E-state index contributed by atoms with van der Waals surface area (Å²) in [7, 11) is 0. The Hall–Kier alpha value is -2.48. The van der Waals surface area contributed by atoms with Crippen molar-refractivity contribution in [2.24, 2.45) is 0 Å². The Morgan fingerprint density at radius 2 is 2.16 bits per heavy atom. The summed E-state index contributed by atoms with van der Waals surface area (Å²) in [6.07, 6.45) is 2.03. The summed E-state index contributed by atoms with van der Waals surface area (Å²) in [5, 5.41) is 12.7. The lowest BCUT2D eigenvalue weighted by Crippen LogP contribution is -2.07. The summed E-state index contributed by atoms with van der Waals surface area (Å²) >= 11 is 0. The number of hydrogen-bond acceptors (Lipinski definition) is 3. The second kappa shape index (κ2) is 4.65. The summed E-state index contributed by atoms with van der Waals surface area (Å²) in [4.78, 5) is 4.12. The Kier molecular flexibility index (Phi) is 2.84. The van der Waals surface area contributed by atoms with E-state index in [0.29, 0.717) is 18.1 Å². The van der Waals surface area contributed by atoms with Gasteiger partial charge in [0.25, 0.3) is 0 Å². The first kappa shape index (κ1) is 11.6. The van der Waals surface area contributed by atoms with Crippen LogP contribution in [0, 0.1) is 11.3 Å². The van der Waals surface area contributed by atoms with E-state index in [1.807, 2.05) is 36.4 Å². The fourth-order valence-electron chi connectivity index (χ4n) is 2.33. The van der Waals surface area contributed by atoms with E-state index in [9.17, 15) is 4.39 Å². The molecule has 0 saturated heterocycles. The van der Waals surface area contributed by atoms with Crippen LogP contribution in [0.1, 0.15) is 35.8 Å². The minimum absolute atomic E-state index is 0.122. The third kappa shape index (κ3) is 2.02. The summed E-state index contributed by atoms with van der Waals surface area (Å²) in [6, 6.07) is 11.4. The predicted octanol–water partition coefficient (Wildman–Crippen LogP) is 2.82. The van der Waals surface area contributed by atoms with Gasteiger partial charge in [0.2, 0.25) is 0 Å². The molecule has 5 heteroatoms. The SMILES string of the molecule is N#CC=Cc1nc2n(n1)C(c1ccccc1)CC2F. The van der Waals surface area contributed by atoms with Crippen molar-refractivity contribution in [3.8, 4) is 6.07 Å². The normalized spacial score (nSPS) is 21.5. The molecule has 1 aliphatic rings. The first-order valence-electron chi connectivity index (χ1n) is 6.01. The van der Waals surface area contributed by atoms with Crippen LogP contribution in [-0.2, 0) is 0 Å². The van der Waals surface area contributed by atoms with Gasteiger partial charge in [0.1, 0.15) is 0 Å². The minimum atomic E-state index is -1.11. The molecular weight excluding hydrogens is 243 g/mol. The fraction of sp³-hybridized carbons (Fsp3) is 0.214. The fourth-order valence-corrected chi connectivity index (χ4v) is 2.33. The van der Waals surface area contributed by atoms with E-state index in [1.165, 1.54) is 12.2 Å². The van der Waals surface area contributed by atoms with Crippen molar-refractivity contribution in [1.29, 1.82) is 5.26 Å². The smallest absolute Gasteiger partial charge is 0.175 e. The number of aromatic nitrogens is 3. The zero-order valence-electron chi connectivity index (χ0n) is 10.1. The second-order valence-electron chi connectivity index (χ2n) is 4.36. The van der Waals surface area contributed by atoms with Crippen LogP contribution in [0.3, 0.4) is 0 Å². The maximum atomic E-state index is 14.0. The minimum Gasteiger partial charge on any atom is -0.239 e. The highest BCUT2D eigenvalue weighted by atomic mass is 19.1. The average Bonchev–Trinajstić information content (AvgIpc) is 2.98. The number of rotatable bonds is 2. The molecule has 2 aromatic rings. The molecule has 2 heterocycles.